The molecule has 4 nitrogen and oxygen atoms in total. The van der Waals surface area contributed by atoms with Gasteiger partial charge < -0.3 is 10.2 Å². The maximum atomic E-state index is 13.0. The molecule has 0 radical (unpaired) electrons. The van der Waals surface area contributed by atoms with Crippen LogP contribution in [0, 0.1) is 0 Å². The number of fused-ring (bicyclic) bond motifs is 2. The first kappa shape index (κ1) is 14.0. The Labute approximate surface area is 135 Å². The van der Waals surface area contributed by atoms with Gasteiger partial charge in [-0.25, -0.2) is 0 Å². The molecule has 0 bridgehead atoms. The Balaban J connectivity index is 1.67. The number of benzene rings is 2. The fraction of sp³-hybridized carbons (Fsp3) is 0.263. The molecule has 116 valence electrons. The van der Waals surface area contributed by atoms with Crippen LogP contribution in [0.3, 0.4) is 0 Å². The van der Waals surface area contributed by atoms with Crippen LogP contribution >= 0.6 is 0 Å². The molecule has 0 fully saturated rings. The van der Waals surface area contributed by atoms with Crippen LogP contribution in [0.1, 0.15) is 34.3 Å². The number of hydrogen-bond donors (Lipinski definition) is 1. The molecule has 0 spiro atoms. The summed E-state index contributed by atoms with van der Waals surface area (Å²) >= 11 is 0. The summed E-state index contributed by atoms with van der Waals surface area (Å²) in [5.41, 5.74) is 4.82. The van der Waals surface area contributed by atoms with Crippen LogP contribution in [0.4, 0.5) is 11.4 Å². The van der Waals surface area contributed by atoms with E-state index in [0.29, 0.717) is 18.4 Å². The van der Waals surface area contributed by atoms with E-state index in [4.69, 9.17) is 0 Å². The van der Waals surface area contributed by atoms with Crippen LogP contribution in [0.15, 0.2) is 42.5 Å². The van der Waals surface area contributed by atoms with Gasteiger partial charge in [-0.15, -0.1) is 0 Å². The quantitative estimate of drug-likeness (QED) is 0.880. The molecule has 4 heteroatoms. The highest BCUT2D eigenvalue weighted by Gasteiger charge is 2.24. The van der Waals surface area contributed by atoms with Crippen molar-refractivity contribution in [2.75, 3.05) is 16.8 Å². The number of anilines is 2. The molecule has 0 unspecified atom stereocenters. The van der Waals surface area contributed by atoms with Gasteiger partial charge in [0, 0.05) is 29.9 Å². The molecule has 0 saturated carbocycles. The molecule has 0 saturated heterocycles. The van der Waals surface area contributed by atoms with Crippen LogP contribution in [0.2, 0.25) is 0 Å². The van der Waals surface area contributed by atoms with Gasteiger partial charge in [0.05, 0.1) is 0 Å². The Kier molecular flexibility index (Phi) is 3.37. The highest BCUT2D eigenvalue weighted by atomic mass is 16.2. The average molecular weight is 306 g/mol. The monoisotopic (exact) mass is 306 g/mol. The second-order valence-corrected chi connectivity index (χ2v) is 6.11. The number of aryl methyl sites for hydroxylation is 2. The standard InChI is InChI=1S/C19H18N2O2/c22-18-10-8-14-12-15(7-9-16(14)20-18)19(23)21-11-3-5-13-4-1-2-6-17(13)21/h1-2,4,6-7,9,12H,3,5,8,10-11H2,(H,20,22). The van der Waals surface area contributed by atoms with Gasteiger partial charge in [0.25, 0.3) is 5.91 Å². The first-order chi connectivity index (χ1) is 11.2. The van der Waals surface area contributed by atoms with E-state index in [-0.39, 0.29) is 11.8 Å². The third kappa shape index (κ3) is 2.50. The zero-order valence-corrected chi connectivity index (χ0v) is 12.8. The fourth-order valence-corrected chi connectivity index (χ4v) is 3.42. The summed E-state index contributed by atoms with van der Waals surface area (Å²) in [6.45, 7) is 0.754. The van der Waals surface area contributed by atoms with E-state index in [2.05, 4.69) is 11.4 Å². The summed E-state index contributed by atoms with van der Waals surface area (Å²) in [6.07, 6.45) is 3.19. The first-order valence-electron chi connectivity index (χ1n) is 8.05. The van der Waals surface area contributed by atoms with Gasteiger partial charge in [0.2, 0.25) is 5.91 Å². The minimum atomic E-state index is 0.0388. The molecular weight excluding hydrogens is 288 g/mol. The lowest BCUT2D eigenvalue weighted by atomic mass is 9.98. The number of carbonyl (C=O) groups is 2. The summed E-state index contributed by atoms with van der Waals surface area (Å²) in [5.74, 6) is 0.0818. The smallest absolute Gasteiger partial charge is 0.258 e. The Hall–Kier alpha value is -2.62. The molecule has 2 aliphatic heterocycles. The van der Waals surface area contributed by atoms with Gasteiger partial charge in [-0.05, 0) is 54.7 Å². The SMILES string of the molecule is O=C1CCc2cc(C(=O)N3CCCc4ccccc43)ccc2N1. The van der Waals surface area contributed by atoms with Gasteiger partial charge in [0.15, 0.2) is 0 Å². The van der Waals surface area contributed by atoms with Crippen molar-refractivity contribution in [3.63, 3.8) is 0 Å². The van der Waals surface area contributed by atoms with Crippen LogP contribution in [-0.4, -0.2) is 18.4 Å². The zero-order chi connectivity index (χ0) is 15.8. The molecule has 0 atom stereocenters. The van der Waals surface area contributed by atoms with E-state index >= 15 is 0 Å². The number of hydrogen-bond acceptors (Lipinski definition) is 2. The van der Waals surface area contributed by atoms with Crippen LogP contribution in [0.5, 0.6) is 0 Å². The minimum Gasteiger partial charge on any atom is -0.326 e. The lowest BCUT2D eigenvalue weighted by Gasteiger charge is -2.30. The van der Waals surface area contributed by atoms with Gasteiger partial charge in [-0.1, -0.05) is 18.2 Å². The van der Waals surface area contributed by atoms with Crippen molar-refractivity contribution in [3.8, 4) is 0 Å². The lowest BCUT2D eigenvalue weighted by molar-refractivity contribution is -0.116. The lowest BCUT2D eigenvalue weighted by Crippen LogP contribution is -2.35. The van der Waals surface area contributed by atoms with Crippen molar-refractivity contribution in [3.05, 3.63) is 59.2 Å². The second-order valence-electron chi connectivity index (χ2n) is 6.11. The number of carbonyl (C=O) groups excluding carboxylic acids is 2. The molecular formula is C19H18N2O2. The molecule has 2 aromatic rings. The summed E-state index contributed by atoms with van der Waals surface area (Å²) < 4.78 is 0. The summed E-state index contributed by atoms with van der Waals surface area (Å²) in [4.78, 5) is 26.3. The minimum absolute atomic E-state index is 0.0388. The van der Waals surface area contributed by atoms with Gasteiger partial charge in [0.1, 0.15) is 0 Å². The molecule has 2 aromatic carbocycles. The largest absolute Gasteiger partial charge is 0.326 e. The molecule has 2 amide bonds. The summed E-state index contributed by atoms with van der Waals surface area (Å²) in [5, 5.41) is 2.86. The topological polar surface area (TPSA) is 49.4 Å². The highest BCUT2D eigenvalue weighted by molar-refractivity contribution is 6.07. The fourth-order valence-electron chi connectivity index (χ4n) is 3.42. The van der Waals surface area contributed by atoms with E-state index in [1.807, 2.05) is 41.3 Å². The highest BCUT2D eigenvalue weighted by Crippen LogP contribution is 2.29. The third-order valence-electron chi connectivity index (χ3n) is 4.60. The third-order valence-corrected chi connectivity index (χ3v) is 4.60. The van der Waals surface area contributed by atoms with Crippen LogP contribution < -0.4 is 10.2 Å². The van der Waals surface area contributed by atoms with E-state index in [9.17, 15) is 9.59 Å². The number of rotatable bonds is 1. The molecule has 1 N–H and O–H groups in total. The van der Waals surface area contributed by atoms with Crippen LogP contribution in [-0.2, 0) is 17.6 Å². The summed E-state index contributed by atoms with van der Waals surface area (Å²) in [6, 6.07) is 13.7. The van der Waals surface area contributed by atoms with E-state index in [0.717, 1.165) is 36.3 Å². The molecule has 2 aliphatic rings. The predicted molar refractivity (Wildman–Crippen MR) is 89.8 cm³/mol. The Morgan fingerprint density at radius 1 is 1.00 bits per heavy atom. The first-order valence-corrected chi connectivity index (χ1v) is 8.05. The van der Waals surface area contributed by atoms with Gasteiger partial charge >= 0.3 is 0 Å². The Bertz CT molecular complexity index is 798. The molecule has 2 heterocycles. The number of para-hydroxylation sites is 1. The van der Waals surface area contributed by atoms with Crippen molar-refractivity contribution < 1.29 is 9.59 Å². The zero-order valence-electron chi connectivity index (χ0n) is 12.8. The van der Waals surface area contributed by atoms with Gasteiger partial charge in [-0.3, -0.25) is 9.59 Å². The van der Waals surface area contributed by atoms with E-state index in [1.54, 1.807) is 0 Å². The van der Waals surface area contributed by atoms with Crippen molar-refractivity contribution in [2.24, 2.45) is 0 Å². The Morgan fingerprint density at radius 3 is 2.78 bits per heavy atom. The number of nitrogens with zero attached hydrogens (tertiary/aromatic N) is 1. The number of amides is 2. The van der Waals surface area contributed by atoms with Crippen molar-refractivity contribution >= 4 is 23.2 Å². The molecule has 4 rings (SSSR count). The second kappa shape index (κ2) is 5.54. The number of nitrogens with one attached hydrogen (secondary N) is 1. The van der Waals surface area contributed by atoms with E-state index in [1.165, 1.54) is 5.56 Å². The summed E-state index contributed by atoms with van der Waals surface area (Å²) in [7, 11) is 0. The predicted octanol–water partition coefficient (Wildman–Crippen LogP) is 3.16. The van der Waals surface area contributed by atoms with Crippen molar-refractivity contribution in [1.29, 1.82) is 0 Å². The molecule has 23 heavy (non-hydrogen) atoms. The van der Waals surface area contributed by atoms with E-state index < -0.39 is 0 Å². The van der Waals surface area contributed by atoms with Crippen molar-refractivity contribution in [1.82, 2.24) is 0 Å². The molecule has 0 aliphatic carbocycles. The normalized spacial score (nSPS) is 16.3. The maximum absolute atomic E-state index is 13.0. The Morgan fingerprint density at radius 2 is 1.87 bits per heavy atom. The van der Waals surface area contributed by atoms with Crippen LogP contribution in [0.25, 0.3) is 0 Å². The van der Waals surface area contributed by atoms with Gasteiger partial charge in [-0.2, -0.15) is 0 Å². The average Bonchev–Trinajstić information content (AvgIpc) is 2.60. The maximum Gasteiger partial charge on any atom is 0.258 e. The molecule has 0 aromatic heterocycles. The van der Waals surface area contributed by atoms with Crippen molar-refractivity contribution in [2.45, 2.75) is 25.7 Å².